The van der Waals surface area contributed by atoms with E-state index < -0.39 is 44.8 Å². The molecular weight excluding hydrogens is 625 g/mol. The molecule has 0 aliphatic carbocycles. The van der Waals surface area contributed by atoms with Gasteiger partial charge in [-0.2, -0.15) is 0 Å². The van der Waals surface area contributed by atoms with E-state index in [0.29, 0.717) is 13.2 Å². The van der Waals surface area contributed by atoms with E-state index in [2.05, 4.69) is 58.1 Å². The van der Waals surface area contributed by atoms with Crippen LogP contribution in [0.15, 0.2) is 60.7 Å². The second-order valence-corrected chi connectivity index (χ2v) is 21.3. The Morgan fingerprint density at radius 3 is 1.91 bits per heavy atom. The molecule has 7 nitrogen and oxygen atoms in total. The lowest BCUT2D eigenvalue weighted by Crippen LogP contribution is -2.66. The van der Waals surface area contributed by atoms with Gasteiger partial charge in [-0.05, 0) is 61.0 Å². The van der Waals surface area contributed by atoms with Gasteiger partial charge in [0.1, 0.15) is 30.5 Å². The number of hydrogen-bond donors (Lipinski definition) is 0. The molecule has 0 aromatic heterocycles. The molecule has 2 fully saturated rings. The predicted molar refractivity (Wildman–Crippen MR) is 187 cm³/mol. The predicted octanol–water partition coefficient (Wildman–Crippen LogP) is 7.88. The average Bonchev–Trinajstić information content (AvgIpc) is 3.01. The van der Waals surface area contributed by atoms with E-state index in [9.17, 15) is 0 Å². The molecule has 2 aromatic carbocycles. The summed E-state index contributed by atoms with van der Waals surface area (Å²) in [5.41, 5.74) is 2.19. The normalized spacial score (nSPS) is 24.4. The second-order valence-electron chi connectivity index (χ2n) is 13.7. The van der Waals surface area contributed by atoms with E-state index in [1.807, 2.05) is 73.8 Å². The van der Waals surface area contributed by atoms with Gasteiger partial charge in [-0.3, -0.25) is 0 Å². The van der Waals surface area contributed by atoms with Crippen LogP contribution < -0.4 is 0 Å². The maximum Gasteiger partial charge on any atom is 0.192 e. The maximum atomic E-state index is 7.14. The lowest BCUT2D eigenvalue weighted by atomic mass is 9.95. The third-order valence-electron chi connectivity index (χ3n) is 8.80. The van der Waals surface area contributed by atoms with Crippen molar-refractivity contribution in [3.05, 3.63) is 71.8 Å². The first kappa shape index (κ1) is 36.9. The topological polar surface area (TPSA) is 64.6 Å². The molecule has 2 aromatic rings. The van der Waals surface area contributed by atoms with Gasteiger partial charge >= 0.3 is 0 Å². The van der Waals surface area contributed by atoms with Crippen molar-refractivity contribution in [1.82, 2.24) is 0 Å². The van der Waals surface area contributed by atoms with Crippen LogP contribution in [-0.2, 0) is 46.1 Å². The summed E-state index contributed by atoms with van der Waals surface area (Å²) in [6.07, 6.45) is -1.90. The highest BCUT2D eigenvalue weighted by atomic mass is 32.2. The maximum absolute atomic E-state index is 7.14. The molecular formula is C35H54O7S2Si. The van der Waals surface area contributed by atoms with Crippen molar-refractivity contribution < 1.29 is 32.8 Å². The summed E-state index contributed by atoms with van der Waals surface area (Å²) >= 11 is 3.89. The van der Waals surface area contributed by atoms with Crippen molar-refractivity contribution in [3.8, 4) is 0 Å². The third kappa shape index (κ3) is 10.0. The molecule has 0 unspecified atom stereocenters. The fourth-order valence-corrected chi connectivity index (χ4v) is 9.78. The monoisotopic (exact) mass is 678 g/mol. The molecule has 2 saturated heterocycles. The Bertz CT molecular complexity index is 1140. The first-order valence-corrected chi connectivity index (χ1v) is 21.0. The first-order chi connectivity index (χ1) is 21.3. The SMILES string of the molecule is COC(OC)[C@H](O[Si](C)(C)C(C)(C)C)[C@@H]1OC(C)(C)O[C@H]([C@H](OCc2ccccc2)C2SCCCS2)[C@H]1OCc1ccccc1. The minimum Gasteiger partial charge on any atom is -0.406 e. The summed E-state index contributed by atoms with van der Waals surface area (Å²) in [5.74, 6) is 1.23. The molecule has 0 radical (unpaired) electrons. The fraction of sp³-hybridized carbons (Fsp3) is 0.657. The van der Waals surface area contributed by atoms with Gasteiger partial charge in [0.2, 0.25) is 0 Å². The molecule has 252 valence electrons. The lowest BCUT2D eigenvalue weighted by Gasteiger charge is -2.52. The summed E-state index contributed by atoms with van der Waals surface area (Å²) in [7, 11) is 0.977. The zero-order valence-corrected chi connectivity index (χ0v) is 31.2. The number of thioether (sulfide) groups is 2. The molecule has 10 heteroatoms. The van der Waals surface area contributed by atoms with Gasteiger partial charge < -0.3 is 32.8 Å². The molecule has 45 heavy (non-hydrogen) atoms. The van der Waals surface area contributed by atoms with E-state index in [-0.39, 0.29) is 15.7 Å². The van der Waals surface area contributed by atoms with Gasteiger partial charge in [0, 0.05) is 14.2 Å². The molecule has 2 heterocycles. The molecule has 0 saturated carbocycles. The summed E-state index contributed by atoms with van der Waals surface area (Å²) < 4.78 is 46.7. The van der Waals surface area contributed by atoms with Gasteiger partial charge in [-0.1, -0.05) is 81.4 Å². The molecule has 0 amide bonds. The van der Waals surface area contributed by atoms with Crippen molar-refractivity contribution in [2.45, 2.75) is 120 Å². The minimum atomic E-state index is -2.33. The van der Waals surface area contributed by atoms with E-state index in [0.717, 1.165) is 22.6 Å². The quantitative estimate of drug-likeness (QED) is 0.147. The minimum absolute atomic E-state index is 0.0472. The molecule has 2 aliphatic heterocycles. The highest BCUT2D eigenvalue weighted by Crippen LogP contribution is 2.44. The van der Waals surface area contributed by atoms with Gasteiger partial charge in [0.05, 0.1) is 17.8 Å². The number of methoxy groups -OCH3 is 2. The molecule has 5 atom stereocenters. The van der Waals surface area contributed by atoms with Crippen LogP contribution in [0.4, 0.5) is 0 Å². The van der Waals surface area contributed by atoms with Gasteiger partial charge in [-0.25, -0.2) is 0 Å². The van der Waals surface area contributed by atoms with Crippen LogP contribution in [-0.4, -0.2) is 81.2 Å². The van der Waals surface area contributed by atoms with Crippen LogP contribution in [0.2, 0.25) is 18.1 Å². The Morgan fingerprint density at radius 1 is 0.844 bits per heavy atom. The van der Waals surface area contributed by atoms with Crippen molar-refractivity contribution >= 4 is 31.8 Å². The number of ether oxygens (including phenoxy) is 6. The third-order valence-corrected chi connectivity index (χ3v) is 16.3. The Kier molecular flexibility index (Phi) is 13.5. The summed E-state index contributed by atoms with van der Waals surface area (Å²) in [4.78, 5) is 0. The van der Waals surface area contributed by atoms with Crippen LogP contribution in [0, 0.1) is 0 Å². The van der Waals surface area contributed by atoms with Crippen molar-refractivity contribution in [1.29, 1.82) is 0 Å². The smallest absolute Gasteiger partial charge is 0.192 e. The van der Waals surface area contributed by atoms with E-state index in [1.54, 1.807) is 14.2 Å². The lowest BCUT2D eigenvalue weighted by molar-refractivity contribution is -0.373. The standard InChI is InChI=1S/C35H54O7S2Si/c1-34(2,3)45(8,9)42-30(32(36-6)37-7)28-27(38-23-25-17-12-10-13-18-25)29(41-35(4,5)40-28)31(33-43-21-16-22-44-33)39-24-26-19-14-11-15-20-26/h10-15,17-20,27-33H,16,21-24H2,1-9H3/t27-,28+,29-,30+,31-/m0/s1. The molecule has 0 spiro atoms. The Hall–Kier alpha value is -0.923. The molecule has 0 N–H and O–H groups in total. The van der Waals surface area contributed by atoms with Gasteiger partial charge in [-0.15, -0.1) is 23.5 Å². The zero-order valence-electron chi connectivity index (χ0n) is 28.5. The van der Waals surface area contributed by atoms with Crippen LogP contribution in [0.25, 0.3) is 0 Å². The van der Waals surface area contributed by atoms with Crippen molar-refractivity contribution in [2.75, 3.05) is 25.7 Å². The molecule has 0 bridgehead atoms. The highest BCUT2D eigenvalue weighted by molar-refractivity contribution is 8.17. The number of benzene rings is 2. The average molecular weight is 679 g/mol. The van der Waals surface area contributed by atoms with E-state index in [4.69, 9.17) is 32.8 Å². The Labute approximate surface area is 280 Å². The van der Waals surface area contributed by atoms with E-state index in [1.165, 1.54) is 6.42 Å². The summed E-state index contributed by atoms with van der Waals surface area (Å²) in [6, 6.07) is 20.5. The summed E-state index contributed by atoms with van der Waals surface area (Å²) in [5, 5.41) is -0.0472. The van der Waals surface area contributed by atoms with Crippen LogP contribution in [0.3, 0.4) is 0 Å². The van der Waals surface area contributed by atoms with Gasteiger partial charge in [0.15, 0.2) is 20.4 Å². The fourth-order valence-electron chi connectivity index (χ4n) is 5.42. The zero-order chi connectivity index (χ0) is 32.7. The van der Waals surface area contributed by atoms with Crippen molar-refractivity contribution in [3.63, 3.8) is 0 Å². The van der Waals surface area contributed by atoms with Crippen LogP contribution >= 0.6 is 23.5 Å². The highest BCUT2D eigenvalue weighted by Gasteiger charge is 2.55. The van der Waals surface area contributed by atoms with Crippen molar-refractivity contribution in [2.24, 2.45) is 0 Å². The molecule has 4 rings (SSSR count). The van der Waals surface area contributed by atoms with E-state index >= 15 is 0 Å². The largest absolute Gasteiger partial charge is 0.406 e. The van der Waals surface area contributed by atoms with Gasteiger partial charge in [0.25, 0.3) is 0 Å². The molecule has 2 aliphatic rings. The van der Waals surface area contributed by atoms with Crippen LogP contribution in [0.1, 0.15) is 52.2 Å². The first-order valence-electron chi connectivity index (χ1n) is 16.0. The second kappa shape index (κ2) is 16.5. The Morgan fingerprint density at radius 2 is 1.38 bits per heavy atom. The van der Waals surface area contributed by atoms with Crippen LogP contribution in [0.5, 0.6) is 0 Å². The Balaban J connectivity index is 1.78. The number of rotatable bonds is 14. The number of hydrogen-bond acceptors (Lipinski definition) is 9. The summed E-state index contributed by atoms with van der Waals surface area (Å²) in [6.45, 7) is 16.0.